The third-order valence-corrected chi connectivity index (χ3v) is 4.39. The van der Waals surface area contributed by atoms with Gasteiger partial charge in [-0.05, 0) is 19.9 Å². The summed E-state index contributed by atoms with van der Waals surface area (Å²) in [6.45, 7) is 7.43. The van der Waals surface area contributed by atoms with Gasteiger partial charge in [0.1, 0.15) is 5.82 Å². The van der Waals surface area contributed by atoms with Crippen molar-refractivity contribution in [2.45, 2.75) is 33.4 Å². The Morgan fingerprint density at radius 3 is 2.74 bits per heavy atom. The second kappa shape index (κ2) is 7.62. The molecule has 1 rings (SSSR count). The first kappa shape index (κ1) is 16.1. The lowest BCUT2D eigenvalue weighted by atomic mass is 10.4. The van der Waals surface area contributed by atoms with E-state index >= 15 is 0 Å². The Kier molecular flexibility index (Phi) is 6.47. The number of aryl methyl sites for hydroxylation is 1. The van der Waals surface area contributed by atoms with E-state index in [-0.39, 0.29) is 0 Å². The van der Waals surface area contributed by atoms with Crippen LogP contribution in [0.25, 0.3) is 0 Å². The van der Waals surface area contributed by atoms with Crippen molar-refractivity contribution in [3.63, 3.8) is 0 Å². The molecule has 1 heterocycles. The second-order valence-electron chi connectivity index (χ2n) is 4.41. The first-order valence-electron chi connectivity index (χ1n) is 6.64. The third kappa shape index (κ3) is 5.30. The highest BCUT2D eigenvalue weighted by molar-refractivity contribution is 7.88. The molecule has 110 valence electrons. The Labute approximate surface area is 115 Å². The zero-order chi connectivity index (χ0) is 14.3. The van der Waals surface area contributed by atoms with E-state index in [9.17, 15) is 8.42 Å². The van der Waals surface area contributed by atoms with Crippen LogP contribution in [0.15, 0.2) is 12.4 Å². The number of nitrogens with one attached hydrogen (secondary N) is 1. The van der Waals surface area contributed by atoms with Crippen LogP contribution in [0.3, 0.4) is 0 Å². The van der Waals surface area contributed by atoms with E-state index in [0.717, 1.165) is 25.3 Å². The van der Waals surface area contributed by atoms with E-state index < -0.39 is 10.0 Å². The van der Waals surface area contributed by atoms with E-state index in [0.29, 0.717) is 19.6 Å². The van der Waals surface area contributed by atoms with Crippen molar-refractivity contribution in [2.75, 3.05) is 25.9 Å². The highest BCUT2D eigenvalue weighted by Crippen LogP contribution is 1.99. The van der Waals surface area contributed by atoms with Crippen molar-refractivity contribution in [3.05, 3.63) is 18.2 Å². The molecular formula is C12H24N4O2S. The predicted octanol–water partition coefficient (Wildman–Crippen LogP) is 0.664. The number of sulfonamides is 1. The van der Waals surface area contributed by atoms with Gasteiger partial charge in [0, 0.05) is 32.0 Å². The van der Waals surface area contributed by atoms with Crippen molar-refractivity contribution in [2.24, 2.45) is 0 Å². The summed E-state index contributed by atoms with van der Waals surface area (Å²) in [4.78, 5) is 4.27. The number of aromatic nitrogens is 2. The van der Waals surface area contributed by atoms with Gasteiger partial charge in [0.2, 0.25) is 10.0 Å². The van der Waals surface area contributed by atoms with Gasteiger partial charge >= 0.3 is 0 Å². The first-order valence-corrected chi connectivity index (χ1v) is 8.49. The monoisotopic (exact) mass is 288 g/mol. The minimum absolute atomic E-state index is 0.527. The van der Waals surface area contributed by atoms with Crippen molar-refractivity contribution in [1.29, 1.82) is 0 Å². The van der Waals surface area contributed by atoms with Gasteiger partial charge in [-0.25, -0.2) is 17.7 Å². The zero-order valence-electron chi connectivity index (χ0n) is 12.0. The molecule has 0 bridgehead atoms. The fourth-order valence-corrected chi connectivity index (χ4v) is 2.86. The molecule has 0 aliphatic rings. The number of imidazole rings is 1. The Bertz CT molecular complexity index is 470. The summed E-state index contributed by atoms with van der Waals surface area (Å²) in [7, 11) is -3.07. The van der Waals surface area contributed by atoms with Crippen LogP contribution in [0.2, 0.25) is 0 Å². The summed E-state index contributed by atoms with van der Waals surface area (Å²) >= 11 is 0. The summed E-state index contributed by atoms with van der Waals surface area (Å²) in [5, 5.41) is 3.29. The largest absolute Gasteiger partial charge is 0.334 e. The van der Waals surface area contributed by atoms with Crippen LogP contribution in [0, 0.1) is 0 Å². The predicted molar refractivity (Wildman–Crippen MR) is 76.3 cm³/mol. The van der Waals surface area contributed by atoms with Crippen molar-refractivity contribution in [1.82, 2.24) is 19.2 Å². The van der Waals surface area contributed by atoms with Crippen molar-refractivity contribution < 1.29 is 8.42 Å². The first-order chi connectivity index (χ1) is 8.99. The Balaban J connectivity index is 2.25. The molecule has 0 aliphatic heterocycles. The van der Waals surface area contributed by atoms with Gasteiger partial charge in [-0.1, -0.05) is 6.92 Å². The molecule has 0 aromatic carbocycles. The molecular weight excluding hydrogens is 264 g/mol. The van der Waals surface area contributed by atoms with E-state index in [1.165, 1.54) is 10.6 Å². The molecule has 0 spiro atoms. The summed E-state index contributed by atoms with van der Waals surface area (Å²) in [6, 6.07) is 0. The molecule has 0 saturated heterocycles. The average molecular weight is 288 g/mol. The summed E-state index contributed by atoms with van der Waals surface area (Å²) in [5.41, 5.74) is 0. The Hall–Kier alpha value is -0.920. The minimum Gasteiger partial charge on any atom is -0.334 e. The molecule has 1 aromatic heterocycles. The third-order valence-electron chi connectivity index (χ3n) is 3.01. The fourth-order valence-electron chi connectivity index (χ4n) is 1.93. The molecule has 1 N–H and O–H groups in total. The highest BCUT2D eigenvalue weighted by Gasteiger charge is 2.12. The molecule has 19 heavy (non-hydrogen) atoms. The maximum Gasteiger partial charge on any atom is 0.211 e. The number of nitrogens with zero attached hydrogens (tertiary/aromatic N) is 3. The van der Waals surface area contributed by atoms with Gasteiger partial charge in [0.15, 0.2) is 0 Å². The van der Waals surface area contributed by atoms with Gasteiger partial charge in [0.05, 0.1) is 12.8 Å². The van der Waals surface area contributed by atoms with Crippen LogP contribution in [0.4, 0.5) is 0 Å². The lowest BCUT2D eigenvalue weighted by molar-refractivity contribution is 0.418. The molecule has 7 heteroatoms. The fraction of sp³-hybridized carbons (Fsp3) is 0.750. The topological polar surface area (TPSA) is 67.2 Å². The number of hydrogen-bond donors (Lipinski definition) is 1. The molecule has 0 unspecified atom stereocenters. The van der Waals surface area contributed by atoms with Crippen LogP contribution in [0.5, 0.6) is 0 Å². The summed E-state index contributed by atoms with van der Waals surface area (Å²) in [6.07, 6.45) is 5.80. The smallest absolute Gasteiger partial charge is 0.211 e. The molecule has 0 saturated carbocycles. The van der Waals surface area contributed by atoms with E-state index in [1.54, 1.807) is 6.20 Å². The van der Waals surface area contributed by atoms with Gasteiger partial charge in [0.25, 0.3) is 0 Å². The maximum absolute atomic E-state index is 11.4. The van der Waals surface area contributed by atoms with Crippen LogP contribution < -0.4 is 5.32 Å². The van der Waals surface area contributed by atoms with Crippen LogP contribution in [0.1, 0.15) is 26.1 Å². The van der Waals surface area contributed by atoms with Gasteiger partial charge < -0.3 is 9.88 Å². The Morgan fingerprint density at radius 2 is 2.16 bits per heavy atom. The van der Waals surface area contributed by atoms with E-state index in [4.69, 9.17) is 0 Å². The molecule has 0 amide bonds. The molecule has 6 nitrogen and oxygen atoms in total. The molecule has 0 aliphatic carbocycles. The number of rotatable bonds is 9. The van der Waals surface area contributed by atoms with Crippen LogP contribution in [-0.4, -0.2) is 48.2 Å². The Morgan fingerprint density at radius 1 is 1.42 bits per heavy atom. The van der Waals surface area contributed by atoms with E-state index in [1.807, 2.05) is 13.1 Å². The lowest BCUT2D eigenvalue weighted by Crippen LogP contribution is -2.32. The van der Waals surface area contributed by atoms with E-state index in [2.05, 4.69) is 21.8 Å². The highest BCUT2D eigenvalue weighted by atomic mass is 32.2. The summed E-state index contributed by atoms with van der Waals surface area (Å²) in [5.74, 6) is 1.01. The van der Waals surface area contributed by atoms with Gasteiger partial charge in [-0.3, -0.25) is 0 Å². The molecule has 0 fully saturated rings. The van der Waals surface area contributed by atoms with Gasteiger partial charge in [-0.15, -0.1) is 0 Å². The quantitative estimate of drug-likeness (QED) is 0.678. The van der Waals surface area contributed by atoms with Gasteiger partial charge in [-0.2, -0.15) is 0 Å². The average Bonchev–Trinajstić information content (AvgIpc) is 2.79. The minimum atomic E-state index is -3.07. The number of hydrogen-bond acceptors (Lipinski definition) is 4. The van der Waals surface area contributed by atoms with Crippen molar-refractivity contribution >= 4 is 10.0 Å². The standard InChI is InChI=1S/C12H24N4O2S/c1-4-15-10-8-14-12(15)11-13-7-6-9-16(5-2)19(3,17)18/h8,10,13H,4-7,9,11H2,1-3H3. The second-order valence-corrected chi connectivity index (χ2v) is 6.40. The molecule has 1 aromatic rings. The lowest BCUT2D eigenvalue weighted by Gasteiger charge is -2.17. The summed E-state index contributed by atoms with van der Waals surface area (Å²) < 4.78 is 26.4. The zero-order valence-corrected chi connectivity index (χ0v) is 12.8. The van der Waals surface area contributed by atoms with Crippen LogP contribution in [-0.2, 0) is 23.1 Å². The molecule has 0 atom stereocenters. The normalized spacial score (nSPS) is 12.2. The maximum atomic E-state index is 11.4. The SMILES string of the molecule is CCN(CCCNCc1nccn1CC)S(C)(=O)=O. The van der Waals surface area contributed by atoms with Crippen LogP contribution >= 0.6 is 0 Å². The van der Waals surface area contributed by atoms with Crippen molar-refractivity contribution in [3.8, 4) is 0 Å². The molecule has 0 radical (unpaired) electrons.